The van der Waals surface area contributed by atoms with Gasteiger partial charge in [0.1, 0.15) is 12.6 Å². The van der Waals surface area contributed by atoms with Crippen molar-refractivity contribution >= 4 is 10.3 Å². The Morgan fingerprint density at radius 3 is 1.92 bits per heavy atom. The second kappa shape index (κ2) is 4.34. The van der Waals surface area contributed by atoms with Crippen molar-refractivity contribution in [2.75, 3.05) is 34.3 Å². The van der Waals surface area contributed by atoms with Crippen LogP contribution in [0.2, 0.25) is 0 Å². The van der Waals surface area contributed by atoms with E-state index < -0.39 is 10.3 Å². The van der Waals surface area contributed by atoms with E-state index in [2.05, 4.69) is 26.3 Å². The van der Waals surface area contributed by atoms with Crippen LogP contribution in [-0.2, 0) is 15.0 Å². The van der Waals surface area contributed by atoms with E-state index in [-0.39, 0.29) is 0 Å². The Hall–Kier alpha value is -0.210. The first-order chi connectivity index (χ1) is 5.58. The fourth-order valence-electron chi connectivity index (χ4n) is 0.784. The molecule has 1 rings (SSSR count). The number of nitrogens with two attached hydrogens (primary N) is 1. The zero-order valence-corrected chi connectivity index (χ0v) is 8.91. The quantitative estimate of drug-likeness (QED) is 0.344. The number of rotatable bonds is 2. The van der Waals surface area contributed by atoms with Crippen molar-refractivity contribution in [3.63, 3.8) is 0 Å². The summed E-state index contributed by atoms with van der Waals surface area (Å²) in [6.07, 6.45) is 0.565. The molecule has 0 bridgehead atoms. The summed E-state index contributed by atoms with van der Waals surface area (Å²) in [6, 6.07) is 0. The van der Waals surface area contributed by atoms with Crippen LogP contribution in [-0.4, -0.2) is 57.9 Å². The molecule has 1 heterocycles. The molecule has 0 aromatic heterocycles. The van der Waals surface area contributed by atoms with Crippen molar-refractivity contribution in [2.45, 2.75) is 6.10 Å². The minimum Gasteiger partial charge on any atom is -0.367 e. The Bertz CT molecular complexity index is 232. The number of epoxide rings is 1. The molecule has 0 spiro atoms. The smallest absolute Gasteiger partial charge is 0.330 e. The topological polar surface area (TPSA) is 92.9 Å². The van der Waals surface area contributed by atoms with Gasteiger partial charge in [0.05, 0.1) is 27.7 Å². The lowest BCUT2D eigenvalue weighted by Crippen LogP contribution is -2.37. The van der Waals surface area contributed by atoms with E-state index in [1.807, 2.05) is 0 Å². The van der Waals surface area contributed by atoms with Crippen LogP contribution in [0.15, 0.2) is 0 Å². The highest BCUT2D eigenvalue weighted by atomic mass is 32.2. The average Bonchev–Trinajstić information content (AvgIpc) is 2.38. The molecule has 1 aliphatic heterocycles. The molecule has 13 heavy (non-hydrogen) atoms. The molecular formula is C6H17N2O4S+. The lowest BCUT2D eigenvalue weighted by molar-refractivity contribution is -0.870. The third-order valence-corrected chi connectivity index (χ3v) is 1.15. The second-order valence-electron chi connectivity index (χ2n) is 3.94. The van der Waals surface area contributed by atoms with Gasteiger partial charge in [-0.05, 0) is 0 Å². The van der Waals surface area contributed by atoms with Gasteiger partial charge < -0.3 is 9.22 Å². The van der Waals surface area contributed by atoms with Crippen molar-refractivity contribution in [2.24, 2.45) is 5.14 Å². The maximum atomic E-state index is 8.97. The number of hydrogen-bond donors (Lipinski definition) is 2. The summed E-state index contributed by atoms with van der Waals surface area (Å²) in [5, 5.41) is 3.88. The molecule has 1 fully saturated rings. The van der Waals surface area contributed by atoms with Crippen molar-refractivity contribution in [3.8, 4) is 0 Å². The summed E-state index contributed by atoms with van der Waals surface area (Å²) in [5.74, 6) is 0. The third-order valence-electron chi connectivity index (χ3n) is 1.15. The molecule has 1 aliphatic rings. The molecule has 80 valence electrons. The minimum atomic E-state index is -4.17. The van der Waals surface area contributed by atoms with E-state index in [1.54, 1.807) is 0 Å². The monoisotopic (exact) mass is 213 g/mol. The van der Waals surface area contributed by atoms with Gasteiger partial charge in [0.2, 0.25) is 0 Å². The fraction of sp³-hybridized carbons (Fsp3) is 1.00. The lowest BCUT2D eigenvalue weighted by atomic mass is 10.4. The molecule has 3 N–H and O–H groups in total. The Kier molecular flexibility index (Phi) is 4.27. The SMILES string of the molecule is C[N+](C)(C)CC1CO1.NS(=O)(=O)O. The molecule has 0 radical (unpaired) electrons. The van der Waals surface area contributed by atoms with Gasteiger partial charge >= 0.3 is 10.3 Å². The van der Waals surface area contributed by atoms with Gasteiger partial charge in [-0.1, -0.05) is 0 Å². The number of nitrogens with zero attached hydrogens (tertiary/aromatic N) is 1. The van der Waals surface area contributed by atoms with Crippen LogP contribution in [0.4, 0.5) is 0 Å². The average molecular weight is 213 g/mol. The fourth-order valence-corrected chi connectivity index (χ4v) is 0.784. The first-order valence-corrected chi connectivity index (χ1v) is 5.25. The first kappa shape index (κ1) is 12.8. The van der Waals surface area contributed by atoms with Crippen LogP contribution in [0.25, 0.3) is 0 Å². The normalized spacial score (nSPS) is 21.8. The van der Waals surface area contributed by atoms with Crippen LogP contribution in [0.3, 0.4) is 0 Å². The Morgan fingerprint density at radius 2 is 1.85 bits per heavy atom. The van der Waals surface area contributed by atoms with Crippen molar-refractivity contribution < 1.29 is 22.2 Å². The highest BCUT2D eigenvalue weighted by molar-refractivity contribution is 7.83. The predicted octanol–water partition coefficient (Wildman–Crippen LogP) is -1.16. The predicted molar refractivity (Wildman–Crippen MR) is 48.4 cm³/mol. The van der Waals surface area contributed by atoms with Gasteiger partial charge in [0, 0.05) is 0 Å². The largest absolute Gasteiger partial charge is 0.367 e. The number of hydrogen-bond acceptors (Lipinski definition) is 3. The van der Waals surface area contributed by atoms with Gasteiger partial charge in [-0.3, -0.25) is 4.55 Å². The molecule has 1 unspecified atom stereocenters. The number of quaternary nitrogens is 1. The molecule has 0 aromatic carbocycles. The molecule has 0 amide bonds. The van der Waals surface area contributed by atoms with Crippen molar-refractivity contribution in [3.05, 3.63) is 0 Å². The molecule has 0 aromatic rings. The van der Waals surface area contributed by atoms with Crippen LogP contribution in [0, 0.1) is 0 Å². The van der Waals surface area contributed by atoms with E-state index in [9.17, 15) is 0 Å². The van der Waals surface area contributed by atoms with Crippen molar-refractivity contribution in [1.29, 1.82) is 0 Å². The van der Waals surface area contributed by atoms with Crippen LogP contribution < -0.4 is 5.14 Å². The zero-order chi connectivity index (χ0) is 10.7. The summed E-state index contributed by atoms with van der Waals surface area (Å²) in [4.78, 5) is 0. The van der Waals surface area contributed by atoms with E-state index in [1.165, 1.54) is 0 Å². The minimum absolute atomic E-state index is 0.565. The van der Waals surface area contributed by atoms with E-state index in [4.69, 9.17) is 17.7 Å². The molecule has 0 aliphatic carbocycles. The zero-order valence-electron chi connectivity index (χ0n) is 8.10. The Balaban J connectivity index is 0.000000252. The maximum absolute atomic E-state index is 8.97. The standard InChI is InChI=1S/C6H14NO.H3NO3S/c1-7(2,3)4-6-5-8-6;1-5(2,3)4/h6H,4-5H2,1-3H3;(H3,1,2,3,4)/q+1;. The molecule has 6 nitrogen and oxygen atoms in total. The third kappa shape index (κ3) is 18.6. The summed E-state index contributed by atoms with van der Waals surface area (Å²) in [5.41, 5.74) is 0. The van der Waals surface area contributed by atoms with E-state index >= 15 is 0 Å². The lowest BCUT2D eigenvalue weighted by Gasteiger charge is -2.22. The summed E-state index contributed by atoms with van der Waals surface area (Å²) in [7, 11) is 2.38. The van der Waals surface area contributed by atoms with Crippen LogP contribution in [0.1, 0.15) is 0 Å². The van der Waals surface area contributed by atoms with Gasteiger partial charge in [-0.15, -0.1) is 0 Å². The van der Waals surface area contributed by atoms with E-state index in [0.29, 0.717) is 6.10 Å². The first-order valence-electron chi connectivity index (χ1n) is 3.75. The molecule has 7 heteroatoms. The molecule has 0 saturated carbocycles. The Morgan fingerprint density at radius 1 is 1.54 bits per heavy atom. The maximum Gasteiger partial charge on any atom is 0.330 e. The summed E-state index contributed by atoms with van der Waals surface area (Å²) >= 11 is 0. The van der Waals surface area contributed by atoms with Crippen LogP contribution in [0.5, 0.6) is 0 Å². The van der Waals surface area contributed by atoms with Gasteiger partial charge in [-0.25, -0.2) is 5.14 Å². The number of ether oxygens (including phenoxy) is 1. The highest BCUT2D eigenvalue weighted by Gasteiger charge is 2.28. The molecular weight excluding hydrogens is 196 g/mol. The second-order valence-corrected chi connectivity index (χ2v) is 4.97. The highest BCUT2D eigenvalue weighted by Crippen LogP contribution is 2.11. The van der Waals surface area contributed by atoms with Crippen molar-refractivity contribution in [1.82, 2.24) is 0 Å². The molecule has 1 atom stereocenters. The summed E-state index contributed by atoms with van der Waals surface area (Å²) in [6.45, 7) is 2.13. The van der Waals surface area contributed by atoms with Crippen LogP contribution >= 0.6 is 0 Å². The van der Waals surface area contributed by atoms with E-state index in [0.717, 1.165) is 17.6 Å². The van der Waals surface area contributed by atoms with Gasteiger partial charge in [0.15, 0.2) is 0 Å². The number of likely N-dealkylation sites (N-methyl/N-ethyl adjacent to an activating group) is 1. The summed E-state index contributed by atoms with van der Waals surface area (Å²) < 4.78 is 31.3. The molecule has 1 saturated heterocycles. The van der Waals surface area contributed by atoms with Gasteiger partial charge in [0.25, 0.3) is 0 Å². The van der Waals surface area contributed by atoms with Gasteiger partial charge in [-0.2, -0.15) is 8.42 Å². The Labute approximate surface area is 78.8 Å².